The first-order valence-electron chi connectivity index (χ1n) is 6.88. The second kappa shape index (κ2) is 4.94. The number of aliphatic hydroxyl groups is 1. The maximum atomic E-state index is 9.76. The first-order valence-corrected chi connectivity index (χ1v) is 8.03. The van der Waals surface area contributed by atoms with Crippen molar-refractivity contribution in [3.63, 3.8) is 0 Å². The Morgan fingerprint density at radius 2 is 2.35 bits per heavy atom. The van der Waals surface area contributed by atoms with Crippen LogP contribution in [0.15, 0.2) is 11.6 Å². The lowest BCUT2D eigenvalue weighted by Crippen LogP contribution is -2.40. The monoisotopic (exact) mass is 254 g/mol. The average molecular weight is 254 g/mol. The van der Waals surface area contributed by atoms with Gasteiger partial charge in [0.1, 0.15) is 0 Å². The van der Waals surface area contributed by atoms with Gasteiger partial charge in [0.2, 0.25) is 0 Å². The predicted molar refractivity (Wildman–Crippen MR) is 71.3 cm³/mol. The molecule has 96 valence electrons. The van der Waals surface area contributed by atoms with Crippen molar-refractivity contribution in [3.8, 4) is 0 Å². The summed E-state index contributed by atoms with van der Waals surface area (Å²) in [6, 6.07) is 0. The number of hydrogen-bond donors (Lipinski definition) is 1. The van der Waals surface area contributed by atoms with Gasteiger partial charge in [-0.2, -0.15) is 11.8 Å². The molecule has 0 bridgehead atoms. The van der Waals surface area contributed by atoms with Crippen molar-refractivity contribution < 1.29 is 9.84 Å². The van der Waals surface area contributed by atoms with E-state index in [2.05, 4.69) is 6.08 Å². The van der Waals surface area contributed by atoms with Gasteiger partial charge in [-0.15, -0.1) is 0 Å². The highest BCUT2D eigenvalue weighted by Gasteiger charge is 2.41. The molecule has 3 aliphatic rings. The lowest BCUT2D eigenvalue weighted by Gasteiger charge is -2.39. The van der Waals surface area contributed by atoms with E-state index in [1.54, 1.807) is 0 Å². The zero-order chi connectivity index (χ0) is 11.7. The highest BCUT2D eigenvalue weighted by molar-refractivity contribution is 7.99. The minimum atomic E-state index is -0.185. The standard InChI is InChI=1S/C14H22O2S/c15-13-3-1-2-11(8-13)12-4-6-16-14(9-12)5-7-17-10-14/h8,12-13,15H,1-7,9-10H2. The van der Waals surface area contributed by atoms with Crippen molar-refractivity contribution in [2.24, 2.45) is 5.92 Å². The third kappa shape index (κ3) is 2.56. The number of aliphatic hydroxyl groups excluding tert-OH is 1. The van der Waals surface area contributed by atoms with E-state index < -0.39 is 0 Å². The van der Waals surface area contributed by atoms with E-state index in [1.165, 1.54) is 36.3 Å². The third-order valence-corrected chi connectivity index (χ3v) is 5.68. The molecule has 3 atom stereocenters. The molecule has 0 radical (unpaired) electrons. The van der Waals surface area contributed by atoms with Crippen molar-refractivity contribution in [2.45, 2.75) is 50.2 Å². The number of hydrogen-bond acceptors (Lipinski definition) is 3. The average Bonchev–Trinajstić information content (AvgIpc) is 2.77. The molecule has 0 aromatic heterocycles. The predicted octanol–water partition coefficient (Wildman–Crippen LogP) is 2.76. The molecular formula is C14H22O2S. The fourth-order valence-electron chi connectivity index (χ4n) is 3.48. The van der Waals surface area contributed by atoms with E-state index in [-0.39, 0.29) is 11.7 Å². The summed E-state index contributed by atoms with van der Waals surface area (Å²) in [5, 5.41) is 9.76. The summed E-state index contributed by atoms with van der Waals surface area (Å²) < 4.78 is 6.06. The first kappa shape index (κ1) is 12.1. The van der Waals surface area contributed by atoms with E-state index in [1.807, 2.05) is 11.8 Å². The van der Waals surface area contributed by atoms with Crippen LogP contribution in [-0.2, 0) is 4.74 Å². The van der Waals surface area contributed by atoms with Gasteiger partial charge < -0.3 is 9.84 Å². The number of rotatable bonds is 1. The summed E-state index contributed by atoms with van der Waals surface area (Å²) in [6.07, 6.45) is 8.84. The molecule has 1 N–H and O–H groups in total. The van der Waals surface area contributed by atoms with E-state index in [9.17, 15) is 5.11 Å². The number of thioether (sulfide) groups is 1. The van der Waals surface area contributed by atoms with Gasteiger partial charge in [-0.1, -0.05) is 11.6 Å². The molecule has 1 aliphatic carbocycles. The van der Waals surface area contributed by atoms with Crippen LogP contribution in [0.3, 0.4) is 0 Å². The molecule has 1 spiro atoms. The second-order valence-electron chi connectivity index (χ2n) is 5.72. The normalized spacial score (nSPS) is 42.8. The Morgan fingerprint density at radius 1 is 1.41 bits per heavy atom. The van der Waals surface area contributed by atoms with Crippen LogP contribution in [0.2, 0.25) is 0 Å². The summed E-state index contributed by atoms with van der Waals surface area (Å²) in [6.45, 7) is 0.915. The van der Waals surface area contributed by atoms with Crippen LogP contribution < -0.4 is 0 Å². The Balaban J connectivity index is 1.71. The molecule has 17 heavy (non-hydrogen) atoms. The third-order valence-electron chi connectivity index (χ3n) is 4.46. The van der Waals surface area contributed by atoms with Gasteiger partial charge in [0.25, 0.3) is 0 Å². The second-order valence-corrected chi connectivity index (χ2v) is 6.83. The van der Waals surface area contributed by atoms with Crippen LogP contribution >= 0.6 is 11.8 Å². The van der Waals surface area contributed by atoms with Crippen LogP contribution in [0.25, 0.3) is 0 Å². The number of ether oxygens (including phenoxy) is 1. The first-order chi connectivity index (χ1) is 8.27. The van der Waals surface area contributed by atoms with Crippen LogP contribution in [0.4, 0.5) is 0 Å². The fourth-order valence-corrected chi connectivity index (χ4v) is 4.86. The zero-order valence-electron chi connectivity index (χ0n) is 10.4. The van der Waals surface area contributed by atoms with Gasteiger partial charge >= 0.3 is 0 Å². The smallest absolute Gasteiger partial charge is 0.0786 e. The van der Waals surface area contributed by atoms with Crippen LogP contribution in [0.1, 0.15) is 38.5 Å². The molecule has 3 unspecified atom stereocenters. The number of allylic oxidation sites excluding steroid dienone is 1. The molecule has 2 saturated heterocycles. The largest absolute Gasteiger partial charge is 0.389 e. The van der Waals surface area contributed by atoms with Crippen LogP contribution in [-0.4, -0.2) is 34.9 Å². The quantitative estimate of drug-likeness (QED) is 0.730. The van der Waals surface area contributed by atoms with Crippen molar-refractivity contribution in [2.75, 3.05) is 18.1 Å². The molecule has 2 fully saturated rings. The Morgan fingerprint density at radius 3 is 3.12 bits per heavy atom. The highest BCUT2D eigenvalue weighted by atomic mass is 32.2. The summed E-state index contributed by atoms with van der Waals surface area (Å²) in [7, 11) is 0. The van der Waals surface area contributed by atoms with Crippen molar-refractivity contribution in [3.05, 3.63) is 11.6 Å². The lowest BCUT2D eigenvalue weighted by molar-refractivity contribution is -0.0742. The molecule has 0 amide bonds. The van der Waals surface area contributed by atoms with Crippen molar-refractivity contribution in [1.82, 2.24) is 0 Å². The molecule has 3 rings (SSSR count). The maximum Gasteiger partial charge on any atom is 0.0786 e. The van der Waals surface area contributed by atoms with Crippen LogP contribution in [0.5, 0.6) is 0 Å². The van der Waals surface area contributed by atoms with E-state index in [4.69, 9.17) is 4.74 Å². The van der Waals surface area contributed by atoms with Crippen LogP contribution in [0, 0.1) is 5.92 Å². The van der Waals surface area contributed by atoms with Gasteiger partial charge in [0.05, 0.1) is 11.7 Å². The van der Waals surface area contributed by atoms with E-state index in [0.717, 1.165) is 25.9 Å². The van der Waals surface area contributed by atoms with Gasteiger partial charge in [0, 0.05) is 12.4 Å². The topological polar surface area (TPSA) is 29.5 Å². The Hall–Kier alpha value is 0.01000. The maximum absolute atomic E-state index is 9.76. The molecule has 0 aromatic rings. The molecule has 2 aliphatic heterocycles. The van der Waals surface area contributed by atoms with E-state index >= 15 is 0 Å². The summed E-state index contributed by atoms with van der Waals surface area (Å²) >= 11 is 2.03. The van der Waals surface area contributed by atoms with Gasteiger partial charge in [-0.25, -0.2) is 0 Å². The Bertz CT molecular complexity index is 307. The molecule has 2 nitrogen and oxygen atoms in total. The molecule has 0 saturated carbocycles. The molecule has 0 aromatic carbocycles. The minimum Gasteiger partial charge on any atom is -0.389 e. The fraction of sp³-hybridized carbons (Fsp3) is 0.857. The highest BCUT2D eigenvalue weighted by Crippen LogP contribution is 2.43. The summed E-state index contributed by atoms with van der Waals surface area (Å²) in [4.78, 5) is 0. The summed E-state index contributed by atoms with van der Waals surface area (Å²) in [5.41, 5.74) is 1.69. The van der Waals surface area contributed by atoms with Crippen molar-refractivity contribution >= 4 is 11.8 Å². The van der Waals surface area contributed by atoms with Crippen molar-refractivity contribution in [1.29, 1.82) is 0 Å². The Kier molecular flexibility index (Phi) is 3.51. The lowest BCUT2D eigenvalue weighted by atomic mass is 9.77. The summed E-state index contributed by atoms with van der Waals surface area (Å²) in [5.74, 6) is 3.12. The van der Waals surface area contributed by atoms with Gasteiger partial charge in [-0.05, 0) is 50.2 Å². The zero-order valence-corrected chi connectivity index (χ0v) is 11.2. The molecule has 2 heterocycles. The van der Waals surface area contributed by atoms with Gasteiger partial charge in [0.15, 0.2) is 0 Å². The van der Waals surface area contributed by atoms with Gasteiger partial charge in [-0.3, -0.25) is 0 Å². The molecular weight excluding hydrogens is 232 g/mol. The molecule has 3 heteroatoms. The Labute approximate surface area is 108 Å². The minimum absolute atomic E-state index is 0.177. The SMILES string of the molecule is OC1C=C(C2CCOC3(CCSC3)C2)CCC1. The van der Waals surface area contributed by atoms with E-state index in [0.29, 0.717) is 5.92 Å².